The van der Waals surface area contributed by atoms with Crippen LogP contribution in [0.1, 0.15) is 62.1 Å². The molecule has 0 atom stereocenters. The number of benzene rings is 8. The summed E-state index contributed by atoms with van der Waals surface area (Å²) in [7, 11) is 0. The van der Waals surface area contributed by atoms with Crippen molar-refractivity contribution >= 4 is 6.08 Å². The van der Waals surface area contributed by atoms with Crippen LogP contribution in [0, 0.1) is 0 Å². The van der Waals surface area contributed by atoms with Gasteiger partial charge in [0.1, 0.15) is 11.5 Å². The molecule has 0 fully saturated rings. The van der Waals surface area contributed by atoms with Gasteiger partial charge in [-0.05, 0) is 97.3 Å². The van der Waals surface area contributed by atoms with E-state index in [0.717, 1.165) is 35.5 Å². The van der Waals surface area contributed by atoms with Crippen LogP contribution in [-0.4, -0.2) is 0 Å². The van der Waals surface area contributed by atoms with E-state index >= 15 is 0 Å². The van der Waals surface area contributed by atoms with Gasteiger partial charge in [-0.1, -0.05) is 182 Å². The highest BCUT2D eigenvalue weighted by Gasteiger charge is 2.52. The summed E-state index contributed by atoms with van der Waals surface area (Å²) >= 11 is 0. The Morgan fingerprint density at radius 3 is 1.76 bits per heavy atom. The zero-order valence-electron chi connectivity index (χ0n) is 30.3. The molecule has 1 aliphatic heterocycles. The van der Waals surface area contributed by atoms with Crippen LogP contribution in [0.5, 0.6) is 11.5 Å². The molecule has 258 valence electrons. The molecule has 0 saturated heterocycles. The van der Waals surface area contributed by atoms with Crippen molar-refractivity contribution in [3.8, 4) is 44.9 Å². The predicted octanol–water partition coefficient (Wildman–Crippen LogP) is 13.1. The van der Waals surface area contributed by atoms with Gasteiger partial charge in [0.25, 0.3) is 0 Å². The van der Waals surface area contributed by atoms with E-state index in [0.29, 0.717) is 0 Å². The molecule has 4 aliphatic rings. The van der Waals surface area contributed by atoms with E-state index in [9.17, 15) is 0 Å². The van der Waals surface area contributed by atoms with Crippen molar-refractivity contribution in [2.75, 3.05) is 0 Å². The fourth-order valence-corrected chi connectivity index (χ4v) is 10.8. The maximum absolute atomic E-state index is 7.15. The lowest BCUT2D eigenvalue weighted by atomic mass is 9.65. The van der Waals surface area contributed by atoms with E-state index in [4.69, 9.17) is 4.74 Å². The molecule has 1 heterocycles. The van der Waals surface area contributed by atoms with Gasteiger partial charge < -0.3 is 4.74 Å². The first-order valence-electron chi connectivity index (χ1n) is 19.5. The highest BCUT2D eigenvalue weighted by molar-refractivity contribution is 5.95. The largest absolute Gasteiger partial charge is 0.456 e. The van der Waals surface area contributed by atoms with Crippen molar-refractivity contribution in [3.63, 3.8) is 0 Å². The predicted molar refractivity (Wildman–Crippen MR) is 224 cm³/mol. The van der Waals surface area contributed by atoms with Crippen molar-refractivity contribution < 1.29 is 4.74 Å². The summed E-state index contributed by atoms with van der Waals surface area (Å²) in [6.07, 6.45) is 6.87. The lowest BCUT2D eigenvalue weighted by Crippen LogP contribution is -2.32. The Kier molecular flexibility index (Phi) is 6.37. The number of allylic oxidation sites excluding steroid dienone is 1. The molecule has 1 nitrogen and oxygen atoms in total. The lowest BCUT2D eigenvalue weighted by Gasteiger charge is -2.40. The molecule has 0 aromatic heterocycles. The third-order valence-corrected chi connectivity index (χ3v) is 12.9. The molecule has 12 rings (SSSR count). The van der Waals surface area contributed by atoms with Gasteiger partial charge in [0.15, 0.2) is 0 Å². The molecule has 0 amide bonds. The third-order valence-electron chi connectivity index (χ3n) is 12.9. The number of rotatable bonds is 3. The average Bonchev–Trinajstić information content (AvgIpc) is 3.73. The maximum atomic E-state index is 7.15. The normalized spacial score (nSPS) is 15.5. The summed E-state index contributed by atoms with van der Waals surface area (Å²) in [6.45, 7) is 0. The van der Waals surface area contributed by atoms with Gasteiger partial charge in [0.2, 0.25) is 0 Å². The molecule has 0 unspecified atom stereocenters. The van der Waals surface area contributed by atoms with Gasteiger partial charge >= 0.3 is 0 Å². The number of fused-ring (bicyclic) bond motifs is 14. The third kappa shape index (κ3) is 3.92. The number of ether oxygens (including phenoxy) is 1. The van der Waals surface area contributed by atoms with Gasteiger partial charge in [0, 0.05) is 16.7 Å². The molecule has 3 aliphatic carbocycles. The van der Waals surface area contributed by atoms with Gasteiger partial charge in [-0.25, -0.2) is 0 Å². The SMILES string of the molecule is C1=Cc2c(ccc3c2-c2ccc(-c4cccc5c4Oc4ccccc4C54c5ccccc5-c5ccccc54)cc2C3(c2ccccc2)c2ccccc2)CC1. The molecule has 0 saturated carbocycles. The molecular weight excluding hydrogens is 665 g/mol. The summed E-state index contributed by atoms with van der Waals surface area (Å²) in [4.78, 5) is 0. The average molecular weight is 701 g/mol. The second kappa shape index (κ2) is 11.4. The fraction of sp³-hybridized carbons (Fsp3) is 0.0741. The van der Waals surface area contributed by atoms with Crippen LogP contribution in [0.25, 0.3) is 39.5 Å². The zero-order chi connectivity index (χ0) is 36.1. The number of para-hydroxylation sites is 2. The summed E-state index contributed by atoms with van der Waals surface area (Å²) in [6, 6.07) is 67.7. The molecule has 0 radical (unpaired) electrons. The fourth-order valence-electron chi connectivity index (χ4n) is 10.8. The monoisotopic (exact) mass is 700 g/mol. The van der Waals surface area contributed by atoms with Crippen LogP contribution in [0.2, 0.25) is 0 Å². The molecule has 0 N–H and O–H groups in total. The minimum atomic E-state index is -0.510. The minimum Gasteiger partial charge on any atom is -0.456 e. The smallest absolute Gasteiger partial charge is 0.140 e. The van der Waals surface area contributed by atoms with Crippen molar-refractivity contribution in [3.05, 3.63) is 244 Å². The zero-order valence-corrected chi connectivity index (χ0v) is 30.3. The van der Waals surface area contributed by atoms with Crippen molar-refractivity contribution in [1.82, 2.24) is 0 Å². The van der Waals surface area contributed by atoms with E-state index in [-0.39, 0.29) is 0 Å². The van der Waals surface area contributed by atoms with Crippen LogP contribution < -0.4 is 4.74 Å². The van der Waals surface area contributed by atoms with Crippen molar-refractivity contribution in [1.29, 1.82) is 0 Å². The molecule has 8 aromatic rings. The highest BCUT2D eigenvalue weighted by Crippen LogP contribution is 2.64. The standard InChI is InChI=1S/C54H36O/c1-3-17-37(18-4-1)53(38-19-5-2-6-20-38)47-33-31-35-16-7-8-21-39(35)51(47)43-32-30-36(34-49(43)53)40-24-15-28-48-52(40)55-50-29-14-13-27-46(50)54(48)44-25-11-9-22-41(44)42-23-10-12-26-45(42)54/h1-6,8-15,17-34H,7,16H2. The Labute approximate surface area is 321 Å². The molecule has 1 heteroatoms. The highest BCUT2D eigenvalue weighted by atomic mass is 16.5. The Bertz CT molecular complexity index is 2810. The van der Waals surface area contributed by atoms with Crippen molar-refractivity contribution in [2.45, 2.75) is 23.7 Å². The first-order valence-corrected chi connectivity index (χ1v) is 19.5. The summed E-state index contributed by atoms with van der Waals surface area (Å²) in [5.41, 5.74) is 19.5. The van der Waals surface area contributed by atoms with E-state index in [1.807, 2.05) is 0 Å². The van der Waals surface area contributed by atoms with E-state index in [1.165, 1.54) is 77.9 Å². The Morgan fingerprint density at radius 1 is 0.418 bits per heavy atom. The van der Waals surface area contributed by atoms with Crippen LogP contribution in [-0.2, 0) is 17.3 Å². The summed E-state index contributed by atoms with van der Waals surface area (Å²) in [5.74, 6) is 1.83. The Morgan fingerprint density at radius 2 is 1.04 bits per heavy atom. The number of hydrogen-bond donors (Lipinski definition) is 0. The van der Waals surface area contributed by atoms with Gasteiger partial charge in [0.05, 0.1) is 10.8 Å². The number of aryl methyl sites for hydroxylation is 1. The molecule has 1 spiro atoms. The second-order valence-corrected chi connectivity index (χ2v) is 15.4. The first kappa shape index (κ1) is 30.7. The van der Waals surface area contributed by atoms with Gasteiger partial charge in [-0.3, -0.25) is 0 Å². The van der Waals surface area contributed by atoms with E-state index in [1.54, 1.807) is 0 Å². The van der Waals surface area contributed by atoms with E-state index < -0.39 is 10.8 Å². The molecule has 8 aromatic carbocycles. The molecule has 55 heavy (non-hydrogen) atoms. The quantitative estimate of drug-likeness (QED) is 0.178. The lowest BCUT2D eigenvalue weighted by molar-refractivity contribution is 0.438. The van der Waals surface area contributed by atoms with Crippen LogP contribution in [0.4, 0.5) is 0 Å². The summed E-state index contributed by atoms with van der Waals surface area (Å²) < 4.78 is 7.15. The maximum Gasteiger partial charge on any atom is 0.140 e. The van der Waals surface area contributed by atoms with Crippen molar-refractivity contribution in [2.24, 2.45) is 0 Å². The molecular formula is C54H36O. The number of hydrogen-bond acceptors (Lipinski definition) is 1. The Hall–Kier alpha value is -6.70. The van der Waals surface area contributed by atoms with Crippen LogP contribution in [0.3, 0.4) is 0 Å². The van der Waals surface area contributed by atoms with Gasteiger partial charge in [-0.15, -0.1) is 0 Å². The first-order chi connectivity index (χ1) is 27.3. The van der Waals surface area contributed by atoms with Gasteiger partial charge in [-0.2, -0.15) is 0 Å². The van der Waals surface area contributed by atoms with Crippen LogP contribution >= 0.6 is 0 Å². The Balaban J connectivity index is 1.16. The minimum absolute atomic E-state index is 0.504. The van der Waals surface area contributed by atoms with Crippen LogP contribution in [0.15, 0.2) is 188 Å². The van der Waals surface area contributed by atoms with E-state index in [2.05, 4.69) is 194 Å². The second-order valence-electron chi connectivity index (χ2n) is 15.4. The topological polar surface area (TPSA) is 9.23 Å². The summed E-state index contributed by atoms with van der Waals surface area (Å²) in [5, 5.41) is 0. The molecule has 0 bridgehead atoms.